The molecule has 0 aromatic carbocycles. The van der Waals surface area contributed by atoms with Gasteiger partial charge in [-0.05, 0) is 6.42 Å². The van der Waals surface area contributed by atoms with Gasteiger partial charge in [0.2, 0.25) is 5.82 Å². The monoisotopic (exact) mass is 314 g/mol. The van der Waals surface area contributed by atoms with Crippen molar-refractivity contribution in [1.82, 2.24) is 29.1 Å². The fourth-order valence-corrected chi connectivity index (χ4v) is 2.40. The van der Waals surface area contributed by atoms with Crippen LogP contribution in [0, 0.1) is 0 Å². The van der Waals surface area contributed by atoms with Gasteiger partial charge in [0.05, 0.1) is 6.33 Å². The highest BCUT2D eigenvalue weighted by Gasteiger charge is 2.38. The Hall–Kier alpha value is -2.39. The molecular weight excluding hydrogens is 301 g/mol. The first-order valence-corrected chi connectivity index (χ1v) is 6.83. The van der Waals surface area contributed by atoms with Gasteiger partial charge in [-0.1, -0.05) is 19.8 Å². The number of fused-ring (bicyclic) bond motifs is 3. The zero-order valence-electron chi connectivity index (χ0n) is 11.7. The van der Waals surface area contributed by atoms with E-state index in [-0.39, 0.29) is 16.8 Å². The number of imidazole rings is 1. The van der Waals surface area contributed by atoms with E-state index in [4.69, 9.17) is 0 Å². The Labute approximate surface area is 121 Å². The first-order chi connectivity index (χ1) is 10.4. The largest absolute Gasteiger partial charge is 0.452 e. The lowest BCUT2D eigenvalue weighted by molar-refractivity contribution is -0.145. The van der Waals surface area contributed by atoms with Crippen molar-refractivity contribution in [3.8, 4) is 0 Å². The number of aromatic amines is 1. The fraction of sp³-hybridized carbons (Fsp3) is 0.500. The van der Waals surface area contributed by atoms with Gasteiger partial charge in [0.1, 0.15) is 5.52 Å². The van der Waals surface area contributed by atoms with Gasteiger partial charge >= 0.3 is 11.9 Å². The molecule has 3 rings (SSSR count). The average Bonchev–Trinajstić information content (AvgIpc) is 3.07. The van der Waals surface area contributed by atoms with E-state index in [1.54, 1.807) is 0 Å². The molecule has 0 saturated carbocycles. The van der Waals surface area contributed by atoms with Crippen molar-refractivity contribution in [3.63, 3.8) is 0 Å². The second-order valence-corrected chi connectivity index (χ2v) is 4.92. The third-order valence-electron chi connectivity index (χ3n) is 3.42. The summed E-state index contributed by atoms with van der Waals surface area (Å²) in [5, 5.41) is 6.61. The van der Waals surface area contributed by atoms with Crippen LogP contribution in [-0.4, -0.2) is 29.1 Å². The Kier molecular flexibility index (Phi) is 3.38. The van der Waals surface area contributed by atoms with Crippen molar-refractivity contribution in [2.45, 2.75) is 38.9 Å². The lowest BCUT2D eigenvalue weighted by Crippen LogP contribution is -2.30. The van der Waals surface area contributed by atoms with Crippen molar-refractivity contribution in [2.24, 2.45) is 0 Å². The van der Waals surface area contributed by atoms with Crippen LogP contribution in [0.4, 0.5) is 13.2 Å². The van der Waals surface area contributed by atoms with Gasteiger partial charge in [0.15, 0.2) is 11.3 Å². The Bertz CT molecular complexity index is 875. The molecule has 0 amide bonds. The molecule has 0 unspecified atom stereocenters. The second kappa shape index (κ2) is 5.11. The first kappa shape index (κ1) is 14.5. The van der Waals surface area contributed by atoms with Gasteiger partial charge in [0.25, 0.3) is 0 Å². The molecule has 0 aliphatic carbocycles. The van der Waals surface area contributed by atoms with Crippen molar-refractivity contribution in [2.75, 3.05) is 0 Å². The van der Waals surface area contributed by atoms with Gasteiger partial charge in [-0.15, -0.1) is 10.2 Å². The molecule has 0 atom stereocenters. The van der Waals surface area contributed by atoms with Gasteiger partial charge < -0.3 is 4.98 Å². The van der Waals surface area contributed by atoms with Crippen LogP contribution in [0.15, 0.2) is 11.1 Å². The predicted molar refractivity (Wildman–Crippen MR) is 71.4 cm³/mol. The number of alkyl halides is 3. The van der Waals surface area contributed by atoms with Gasteiger partial charge in [0, 0.05) is 6.54 Å². The molecule has 0 radical (unpaired) electrons. The number of rotatable bonds is 4. The first-order valence-electron chi connectivity index (χ1n) is 6.83. The van der Waals surface area contributed by atoms with Crippen molar-refractivity contribution >= 4 is 16.8 Å². The summed E-state index contributed by atoms with van der Waals surface area (Å²) in [7, 11) is 0. The zero-order chi connectivity index (χ0) is 15.9. The highest BCUT2D eigenvalue weighted by Crippen LogP contribution is 2.28. The Morgan fingerprint density at radius 1 is 1.23 bits per heavy atom. The molecule has 10 heteroatoms. The molecule has 3 heterocycles. The van der Waals surface area contributed by atoms with Crippen molar-refractivity contribution in [1.29, 1.82) is 0 Å². The molecule has 0 aliphatic heterocycles. The summed E-state index contributed by atoms with van der Waals surface area (Å²) >= 11 is 0. The zero-order valence-corrected chi connectivity index (χ0v) is 11.7. The van der Waals surface area contributed by atoms with Crippen LogP contribution in [0.3, 0.4) is 0 Å². The van der Waals surface area contributed by atoms with Crippen LogP contribution >= 0.6 is 0 Å². The maximum Gasteiger partial charge on any atom is 0.452 e. The van der Waals surface area contributed by atoms with Crippen LogP contribution in [0.25, 0.3) is 16.8 Å². The molecule has 0 spiro atoms. The quantitative estimate of drug-likeness (QED) is 0.747. The number of hydrogen-bond acceptors (Lipinski definition) is 4. The summed E-state index contributed by atoms with van der Waals surface area (Å²) in [6.07, 6.45) is -0.963. The average molecular weight is 314 g/mol. The molecule has 0 saturated heterocycles. The molecule has 118 valence electrons. The number of nitrogens with one attached hydrogen (secondary N) is 1. The van der Waals surface area contributed by atoms with Gasteiger partial charge in [-0.25, -0.2) is 14.2 Å². The maximum absolute atomic E-state index is 13.0. The lowest BCUT2D eigenvalue weighted by atomic mass is 10.2. The van der Waals surface area contributed by atoms with Crippen LogP contribution in [0.2, 0.25) is 0 Å². The molecule has 1 N–H and O–H groups in total. The highest BCUT2D eigenvalue weighted by atomic mass is 19.4. The van der Waals surface area contributed by atoms with E-state index in [2.05, 4.69) is 20.2 Å². The number of H-pyrrole nitrogens is 1. The normalized spacial score (nSPS) is 12.5. The number of nitrogens with zero attached hydrogens (tertiary/aromatic N) is 5. The second-order valence-electron chi connectivity index (χ2n) is 4.92. The number of aromatic nitrogens is 6. The minimum Gasteiger partial charge on any atom is -0.340 e. The lowest BCUT2D eigenvalue weighted by Gasteiger charge is -2.09. The third-order valence-corrected chi connectivity index (χ3v) is 3.42. The van der Waals surface area contributed by atoms with E-state index in [1.165, 1.54) is 10.9 Å². The molecule has 0 fully saturated rings. The summed E-state index contributed by atoms with van der Waals surface area (Å²) in [5.41, 5.74) is -0.451. The standard InChI is InChI=1S/C12H13F3N6O/c1-2-3-4-5-20-8-7(16-6-17-8)9-18-19-10(12(13,14)15)21(9)11(20)22/h6H,2-5H2,1H3,(H,16,17). The fourth-order valence-electron chi connectivity index (χ4n) is 2.40. The van der Waals surface area contributed by atoms with Crippen molar-refractivity contribution < 1.29 is 13.2 Å². The van der Waals surface area contributed by atoms with Crippen molar-refractivity contribution in [3.05, 3.63) is 22.6 Å². The van der Waals surface area contributed by atoms with E-state index in [1.807, 2.05) is 6.92 Å². The van der Waals surface area contributed by atoms with Crippen LogP contribution < -0.4 is 5.69 Å². The number of unbranched alkanes of at least 4 members (excludes halogenated alkanes) is 2. The summed E-state index contributed by atoms with van der Waals surface area (Å²) in [6.45, 7) is 2.29. The summed E-state index contributed by atoms with van der Waals surface area (Å²) in [6, 6.07) is 0. The smallest absolute Gasteiger partial charge is 0.340 e. The van der Waals surface area contributed by atoms with Crippen LogP contribution in [0.5, 0.6) is 0 Å². The number of halogens is 3. The molecule has 7 nitrogen and oxygen atoms in total. The van der Waals surface area contributed by atoms with E-state index >= 15 is 0 Å². The van der Waals surface area contributed by atoms with E-state index in [0.717, 1.165) is 12.8 Å². The molecule has 0 bridgehead atoms. The maximum atomic E-state index is 13.0. The van der Waals surface area contributed by atoms with Crippen LogP contribution in [0.1, 0.15) is 32.0 Å². The Balaban J connectivity index is 2.30. The summed E-state index contributed by atoms with van der Waals surface area (Å²) in [4.78, 5) is 19.2. The number of aryl methyl sites for hydroxylation is 1. The highest BCUT2D eigenvalue weighted by molar-refractivity contribution is 5.84. The SMILES string of the molecule is CCCCCn1c(=O)n2c(C(F)(F)F)nnc2c2[nH]cnc21. The predicted octanol–water partition coefficient (Wildman–Crippen LogP) is 1.98. The Morgan fingerprint density at radius 3 is 2.68 bits per heavy atom. The molecule has 22 heavy (non-hydrogen) atoms. The molecule has 0 aliphatic rings. The summed E-state index contributed by atoms with van der Waals surface area (Å²) < 4.78 is 40.7. The molecular formula is C12H13F3N6O. The van der Waals surface area contributed by atoms with E-state index in [9.17, 15) is 18.0 Å². The minimum absolute atomic E-state index is 0.170. The topological polar surface area (TPSA) is 80.9 Å². The molecule has 3 aromatic rings. The Morgan fingerprint density at radius 2 is 2.00 bits per heavy atom. The molecule has 3 aromatic heterocycles. The van der Waals surface area contributed by atoms with Crippen LogP contribution in [-0.2, 0) is 12.7 Å². The van der Waals surface area contributed by atoms with Gasteiger partial charge in [-0.2, -0.15) is 13.2 Å². The summed E-state index contributed by atoms with van der Waals surface area (Å²) in [5.74, 6) is -1.33. The van der Waals surface area contributed by atoms with E-state index < -0.39 is 17.7 Å². The third kappa shape index (κ3) is 2.14. The number of hydrogen-bond donors (Lipinski definition) is 1. The minimum atomic E-state index is -4.76. The van der Waals surface area contributed by atoms with Gasteiger partial charge in [-0.3, -0.25) is 4.57 Å². The van der Waals surface area contributed by atoms with E-state index in [0.29, 0.717) is 17.4 Å².